The van der Waals surface area contributed by atoms with Gasteiger partial charge in [0.25, 0.3) is 5.91 Å². The van der Waals surface area contributed by atoms with E-state index in [0.717, 1.165) is 0 Å². The van der Waals surface area contributed by atoms with Crippen LogP contribution in [0.15, 0.2) is 42.0 Å². The van der Waals surface area contributed by atoms with Crippen LogP contribution in [0.5, 0.6) is 11.5 Å². The lowest BCUT2D eigenvalue weighted by molar-refractivity contribution is -0.112. The first kappa shape index (κ1) is 18.7. The lowest BCUT2D eigenvalue weighted by Crippen LogP contribution is -2.14. The molecule has 0 fully saturated rings. The molecule has 0 aromatic heterocycles. The third kappa shape index (κ3) is 4.24. The van der Waals surface area contributed by atoms with E-state index in [2.05, 4.69) is 5.32 Å². The largest absolute Gasteiger partial charge is 0.493 e. The summed E-state index contributed by atoms with van der Waals surface area (Å²) in [4.78, 5) is 12.4. The van der Waals surface area contributed by atoms with Crippen LogP contribution < -0.4 is 14.8 Å². The molecule has 0 heterocycles. The minimum absolute atomic E-state index is 0.137. The van der Waals surface area contributed by atoms with Crippen molar-refractivity contribution in [3.8, 4) is 17.6 Å². The first-order valence-electron chi connectivity index (χ1n) is 7.10. The fourth-order valence-corrected chi connectivity index (χ4v) is 2.62. The van der Waals surface area contributed by atoms with Crippen LogP contribution in [0.3, 0.4) is 0 Å². The number of carbonyl (C=O) groups excluding carboxylic acids is 1. The maximum Gasteiger partial charge on any atom is 0.266 e. The molecule has 0 spiro atoms. The monoisotopic (exact) mass is 376 g/mol. The quantitative estimate of drug-likeness (QED) is 0.613. The van der Waals surface area contributed by atoms with E-state index >= 15 is 0 Å². The van der Waals surface area contributed by atoms with E-state index in [1.807, 2.05) is 6.07 Å². The van der Waals surface area contributed by atoms with Crippen LogP contribution >= 0.6 is 23.2 Å². The van der Waals surface area contributed by atoms with Gasteiger partial charge in [0.05, 0.1) is 30.0 Å². The summed E-state index contributed by atoms with van der Waals surface area (Å²) < 4.78 is 10.5. The van der Waals surface area contributed by atoms with Crippen molar-refractivity contribution in [2.24, 2.45) is 0 Å². The summed E-state index contributed by atoms with van der Waals surface area (Å²) in [5.74, 6) is 0.270. The molecule has 2 rings (SSSR count). The smallest absolute Gasteiger partial charge is 0.266 e. The summed E-state index contributed by atoms with van der Waals surface area (Å²) in [5, 5.41) is 12.4. The van der Waals surface area contributed by atoms with Crippen LogP contribution in [0.2, 0.25) is 10.0 Å². The number of benzene rings is 2. The molecule has 1 N–H and O–H groups in total. The SMILES string of the molecule is COc1cccc(/C=C(\C#N)C(=O)Nc2c(Cl)cccc2Cl)c1OC. The number of ether oxygens (including phenoxy) is 2. The number of anilines is 1. The number of halogens is 2. The highest BCUT2D eigenvalue weighted by Gasteiger charge is 2.16. The Balaban J connectivity index is 2.39. The average Bonchev–Trinajstić information content (AvgIpc) is 2.62. The summed E-state index contributed by atoms with van der Waals surface area (Å²) in [5.41, 5.74) is 0.635. The third-order valence-electron chi connectivity index (χ3n) is 3.30. The van der Waals surface area contributed by atoms with E-state index in [4.69, 9.17) is 32.7 Å². The second-order valence-electron chi connectivity index (χ2n) is 4.80. The highest BCUT2D eigenvalue weighted by atomic mass is 35.5. The molecule has 0 aliphatic heterocycles. The zero-order valence-corrected chi connectivity index (χ0v) is 15.0. The topological polar surface area (TPSA) is 71.3 Å². The number of hydrogen-bond donors (Lipinski definition) is 1. The number of nitrogens with one attached hydrogen (secondary N) is 1. The first-order valence-corrected chi connectivity index (χ1v) is 7.85. The third-order valence-corrected chi connectivity index (χ3v) is 3.93. The number of hydrogen-bond acceptors (Lipinski definition) is 4. The zero-order chi connectivity index (χ0) is 18.4. The van der Waals surface area contributed by atoms with Crippen molar-refractivity contribution in [2.45, 2.75) is 0 Å². The lowest BCUT2D eigenvalue weighted by Gasteiger charge is -2.11. The molecule has 1 amide bonds. The minimum atomic E-state index is -0.637. The Hall–Kier alpha value is -2.68. The number of rotatable bonds is 5. The van der Waals surface area contributed by atoms with Gasteiger partial charge in [-0.25, -0.2) is 0 Å². The Kier molecular flexibility index (Phi) is 6.29. The van der Waals surface area contributed by atoms with Gasteiger partial charge in [-0.15, -0.1) is 0 Å². The highest BCUT2D eigenvalue weighted by Crippen LogP contribution is 2.33. The van der Waals surface area contributed by atoms with Crippen molar-refractivity contribution in [2.75, 3.05) is 19.5 Å². The standard InChI is InChI=1S/C18H14Cl2N2O3/c1-24-15-8-3-5-11(17(15)25-2)9-12(10-21)18(23)22-16-13(19)6-4-7-14(16)20/h3-9H,1-2H3,(H,22,23)/b12-9+. The normalized spacial score (nSPS) is 10.8. The van der Waals surface area contributed by atoms with Crippen molar-refractivity contribution >= 4 is 40.9 Å². The maximum atomic E-state index is 12.4. The molecule has 2 aromatic carbocycles. The van der Waals surface area contributed by atoms with E-state index < -0.39 is 5.91 Å². The highest BCUT2D eigenvalue weighted by molar-refractivity contribution is 6.40. The summed E-state index contributed by atoms with van der Waals surface area (Å²) in [6.07, 6.45) is 1.40. The Bertz CT molecular complexity index is 853. The van der Waals surface area contributed by atoms with Gasteiger partial charge in [0.15, 0.2) is 11.5 Å². The molecule has 0 bridgehead atoms. The average molecular weight is 377 g/mol. The molecule has 2 aromatic rings. The summed E-state index contributed by atoms with van der Waals surface area (Å²) in [6.45, 7) is 0. The van der Waals surface area contributed by atoms with Gasteiger partial charge in [0, 0.05) is 5.56 Å². The maximum absolute atomic E-state index is 12.4. The van der Waals surface area contributed by atoms with Crippen molar-refractivity contribution in [3.05, 3.63) is 57.6 Å². The van der Waals surface area contributed by atoms with Gasteiger partial charge in [-0.3, -0.25) is 4.79 Å². The van der Waals surface area contributed by atoms with Gasteiger partial charge < -0.3 is 14.8 Å². The van der Waals surface area contributed by atoms with Crippen LogP contribution in [0.25, 0.3) is 6.08 Å². The summed E-state index contributed by atoms with van der Waals surface area (Å²) in [7, 11) is 2.98. The van der Waals surface area contributed by atoms with Crippen LogP contribution in [0.1, 0.15) is 5.56 Å². The van der Waals surface area contributed by atoms with Gasteiger partial charge in [-0.2, -0.15) is 5.26 Å². The van der Waals surface area contributed by atoms with Crippen molar-refractivity contribution in [1.82, 2.24) is 0 Å². The van der Waals surface area contributed by atoms with Gasteiger partial charge in [-0.05, 0) is 24.3 Å². The second kappa shape index (κ2) is 8.43. The Morgan fingerprint density at radius 1 is 1.12 bits per heavy atom. The summed E-state index contributed by atoms with van der Waals surface area (Å²) in [6, 6.07) is 11.8. The predicted molar refractivity (Wildman–Crippen MR) is 98.2 cm³/mol. The van der Waals surface area contributed by atoms with E-state index in [1.54, 1.807) is 36.4 Å². The molecule has 0 atom stereocenters. The molecule has 0 radical (unpaired) electrons. The second-order valence-corrected chi connectivity index (χ2v) is 5.62. The number of carbonyl (C=O) groups is 1. The Morgan fingerprint density at radius 3 is 2.32 bits per heavy atom. The summed E-state index contributed by atoms with van der Waals surface area (Å²) >= 11 is 12.1. The number of para-hydroxylation sites is 2. The zero-order valence-electron chi connectivity index (χ0n) is 13.5. The van der Waals surface area contributed by atoms with Gasteiger partial charge in [-0.1, -0.05) is 41.4 Å². The molecular formula is C18H14Cl2N2O3. The molecular weight excluding hydrogens is 363 g/mol. The van der Waals surface area contributed by atoms with Gasteiger partial charge in [0.2, 0.25) is 0 Å². The Labute approximate surface area is 155 Å². The molecule has 0 aliphatic carbocycles. The molecule has 0 aliphatic rings. The number of nitriles is 1. The molecule has 5 nitrogen and oxygen atoms in total. The van der Waals surface area contributed by atoms with Crippen LogP contribution in [0, 0.1) is 11.3 Å². The molecule has 25 heavy (non-hydrogen) atoms. The number of nitrogens with zero attached hydrogens (tertiary/aromatic N) is 1. The fraction of sp³-hybridized carbons (Fsp3) is 0.111. The molecule has 0 saturated carbocycles. The van der Waals surface area contributed by atoms with Gasteiger partial charge >= 0.3 is 0 Å². The van der Waals surface area contributed by atoms with E-state index in [0.29, 0.717) is 17.1 Å². The molecule has 0 unspecified atom stereocenters. The predicted octanol–water partition coefficient (Wildman–Crippen LogP) is 4.56. The van der Waals surface area contributed by atoms with Crippen LogP contribution in [-0.2, 0) is 4.79 Å². The van der Waals surface area contributed by atoms with Gasteiger partial charge in [0.1, 0.15) is 11.6 Å². The van der Waals surface area contributed by atoms with E-state index in [-0.39, 0.29) is 21.3 Å². The lowest BCUT2D eigenvalue weighted by atomic mass is 10.1. The minimum Gasteiger partial charge on any atom is -0.493 e. The van der Waals surface area contributed by atoms with Crippen molar-refractivity contribution in [1.29, 1.82) is 5.26 Å². The van der Waals surface area contributed by atoms with Crippen LogP contribution in [-0.4, -0.2) is 20.1 Å². The number of methoxy groups -OCH3 is 2. The van der Waals surface area contributed by atoms with E-state index in [1.165, 1.54) is 20.3 Å². The first-order chi connectivity index (χ1) is 12.0. The molecule has 0 saturated heterocycles. The van der Waals surface area contributed by atoms with Crippen molar-refractivity contribution < 1.29 is 14.3 Å². The fourth-order valence-electron chi connectivity index (χ4n) is 2.13. The Morgan fingerprint density at radius 2 is 1.76 bits per heavy atom. The van der Waals surface area contributed by atoms with E-state index in [9.17, 15) is 10.1 Å². The van der Waals surface area contributed by atoms with Crippen molar-refractivity contribution in [3.63, 3.8) is 0 Å². The number of amides is 1. The molecule has 7 heteroatoms. The van der Waals surface area contributed by atoms with Crippen LogP contribution in [0.4, 0.5) is 5.69 Å². The molecule has 128 valence electrons.